The van der Waals surface area contributed by atoms with E-state index in [1.165, 1.54) is 16.8 Å². The average Bonchev–Trinajstić information content (AvgIpc) is 2.84. The second-order valence-corrected chi connectivity index (χ2v) is 6.58. The number of halogens is 2. The molecule has 0 unspecified atom stereocenters. The zero-order valence-electron chi connectivity index (χ0n) is 11.4. The average molecular weight is 323 g/mol. The first kappa shape index (κ1) is 13.5. The van der Waals surface area contributed by atoms with Crippen molar-refractivity contribution in [3.8, 4) is 5.69 Å². The van der Waals surface area contributed by atoms with E-state index in [1.807, 2.05) is 0 Å². The number of carboxylic acid groups (broad SMARTS) is 1. The van der Waals surface area contributed by atoms with Crippen LogP contribution in [0.1, 0.15) is 25.0 Å². The molecule has 3 fully saturated rings. The van der Waals surface area contributed by atoms with E-state index in [4.69, 9.17) is 16.7 Å². The number of benzene rings is 1. The maximum Gasteiger partial charge on any atom is 0.405 e. The third-order valence-electron chi connectivity index (χ3n) is 4.61. The Labute approximate surface area is 129 Å². The monoisotopic (exact) mass is 322 g/mol. The van der Waals surface area contributed by atoms with Gasteiger partial charge in [-0.1, -0.05) is 16.8 Å². The highest BCUT2D eigenvalue weighted by Crippen LogP contribution is 2.67. The maximum atomic E-state index is 13.5. The molecule has 3 aliphatic rings. The summed E-state index contributed by atoms with van der Waals surface area (Å²) in [6, 6.07) is 4.44. The second kappa shape index (κ2) is 4.19. The van der Waals surface area contributed by atoms with Crippen LogP contribution in [0.25, 0.3) is 5.69 Å². The van der Waals surface area contributed by atoms with Gasteiger partial charge < -0.3 is 10.4 Å². The Morgan fingerprint density at radius 2 is 2.14 bits per heavy atom. The van der Waals surface area contributed by atoms with Crippen LogP contribution in [0, 0.1) is 5.82 Å². The Morgan fingerprint density at radius 1 is 1.41 bits per heavy atom. The van der Waals surface area contributed by atoms with Crippen LogP contribution >= 0.6 is 11.6 Å². The molecule has 0 spiro atoms. The molecule has 6 nitrogen and oxygen atoms in total. The predicted octanol–water partition coefficient (Wildman–Crippen LogP) is 2.50. The number of hydrogen-bond donors (Lipinski definition) is 2. The highest BCUT2D eigenvalue weighted by Gasteiger charge is 2.70. The van der Waals surface area contributed by atoms with Gasteiger partial charge in [-0.25, -0.2) is 13.9 Å². The summed E-state index contributed by atoms with van der Waals surface area (Å²) in [6.45, 7) is 0. The minimum absolute atomic E-state index is 0.0604. The SMILES string of the molecule is O=C(O)NC12CC(c3cn(-c4ccc(Cl)c(F)c4)nn3)(C1)C2. The van der Waals surface area contributed by atoms with Gasteiger partial charge in [0, 0.05) is 17.0 Å². The lowest BCUT2D eigenvalue weighted by atomic mass is 9.38. The summed E-state index contributed by atoms with van der Waals surface area (Å²) < 4.78 is 15.0. The first-order valence-corrected chi connectivity index (χ1v) is 7.19. The van der Waals surface area contributed by atoms with Crippen molar-refractivity contribution in [3.63, 3.8) is 0 Å². The highest BCUT2D eigenvalue weighted by atomic mass is 35.5. The van der Waals surface area contributed by atoms with Crippen molar-refractivity contribution in [2.24, 2.45) is 0 Å². The van der Waals surface area contributed by atoms with Crippen molar-refractivity contribution < 1.29 is 14.3 Å². The molecular formula is C14H12ClFN4O2. The fourth-order valence-electron chi connectivity index (χ4n) is 3.68. The van der Waals surface area contributed by atoms with Crippen LogP contribution in [0.15, 0.2) is 24.4 Å². The van der Waals surface area contributed by atoms with Gasteiger partial charge in [-0.15, -0.1) is 5.10 Å². The standard InChI is InChI=1S/C14H12ClFN4O2/c15-9-2-1-8(3-10(9)16)20-4-11(18-19-20)13-5-14(6-13,7-13)17-12(21)22/h1-4,17H,5-7H2,(H,21,22). The molecule has 0 radical (unpaired) electrons. The van der Waals surface area contributed by atoms with E-state index >= 15 is 0 Å². The largest absolute Gasteiger partial charge is 0.465 e. The van der Waals surface area contributed by atoms with Crippen LogP contribution in [-0.2, 0) is 5.41 Å². The first-order chi connectivity index (χ1) is 10.4. The van der Waals surface area contributed by atoms with Gasteiger partial charge in [0.05, 0.1) is 22.6 Å². The van der Waals surface area contributed by atoms with Crippen molar-refractivity contribution in [1.82, 2.24) is 20.3 Å². The number of rotatable bonds is 3. The van der Waals surface area contributed by atoms with Crippen LogP contribution < -0.4 is 5.32 Å². The summed E-state index contributed by atoms with van der Waals surface area (Å²) in [5, 5.41) is 19.6. The predicted molar refractivity (Wildman–Crippen MR) is 75.7 cm³/mol. The van der Waals surface area contributed by atoms with E-state index in [9.17, 15) is 9.18 Å². The molecule has 22 heavy (non-hydrogen) atoms. The topological polar surface area (TPSA) is 80.0 Å². The zero-order valence-corrected chi connectivity index (χ0v) is 12.1. The zero-order chi connectivity index (χ0) is 15.5. The molecule has 0 saturated heterocycles. The van der Waals surface area contributed by atoms with E-state index < -0.39 is 11.9 Å². The quantitative estimate of drug-likeness (QED) is 0.910. The lowest BCUT2D eigenvalue weighted by molar-refractivity contribution is -0.0849. The van der Waals surface area contributed by atoms with E-state index in [1.54, 1.807) is 12.3 Å². The summed E-state index contributed by atoms with van der Waals surface area (Å²) in [5.41, 5.74) is 0.982. The van der Waals surface area contributed by atoms with Gasteiger partial charge in [0.1, 0.15) is 5.82 Å². The van der Waals surface area contributed by atoms with Gasteiger partial charge in [0.2, 0.25) is 0 Å². The van der Waals surface area contributed by atoms with Gasteiger partial charge in [0.15, 0.2) is 0 Å². The molecule has 1 aromatic heterocycles. The maximum absolute atomic E-state index is 13.5. The number of amides is 1. The molecule has 1 heterocycles. The molecule has 0 aliphatic heterocycles. The minimum Gasteiger partial charge on any atom is -0.465 e. The third kappa shape index (κ3) is 1.81. The molecule has 0 atom stereocenters. The van der Waals surface area contributed by atoms with Crippen molar-refractivity contribution in [2.75, 3.05) is 0 Å². The number of hydrogen-bond acceptors (Lipinski definition) is 3. The molecule has 2 bridgehead atoms. The van der Waals surface area contributed by atoms with Gasteiger partial charge in [-0.3, -0.25) is 0 Å². The Hall–Kier alpha value is -2.15. The van der Waals surface area contributed by atoms with Gasteiger partial charge in [-0.2, -0.15) is 0 Å². The van der Waals surface area contributed by atoms with Crippen molar-refractivity contribution in [1.29, 1.82) is 0 Å². The summed E-state index contributed by atoms with van der Waals surface area (Å²) >= 11 is 5.67. The fraction of sp³-hybridized carbons (Fsp3) is 0.357. The van der Waals surface area contributed by atoms with Gasteiger partial charge in [0.25, 0.3) is 0 Å². The first-order valence-electron chi connectivity index (χ1n) is 6.81. The number of nitrogens with zero attached hydrogens (tertiary/aromatic N) is 3. The second-order valence-electron chi connectivity index (χ2n) is 6.17. The number of nitrogens with one attached hydrogen (secondary N) is 1. The summed E-state index contributed by atoms with van der Waals surface area (Å²) in [5.74, 6) is -0.508. The van der Waals surface area contributed by atoms with Crippen molar-refractivity contribution in [3.05, 3.63) is 40.9 Å². The highest BCUT2D eigenvalue weighted by molar-refractivity contribution is 6.30. The summed E-state index contributed by atoms with van der Waals surface area (Å²) in [7, 11) is 0. The molecule has 2 N–H and O–H groups in total. The Bertz CT molecular complexity index is 771. The molecule has 2 aromatic rings. The number of aromatic nitrogens is 3. The third-order valence-corrected chi connectivity index (χ3v) is 4.91. The Balaban J connectivity index is 1.54. The van der Waals surface area contributed by atoms with Crippen molar-refractivity contribution >= 4 is 17.7 Å². The fourth-order valence-corrected chi connectivity index (χ4v) is 3.80. The lowest BCUT2D eigenvalue weighted by Crippen LogP contribution is -2.76. The van der Waals surface area contributed by atoms with E-state index in [0.29, 0.717) is 5.69 Å². The lowest BCUT2D eigenvalue weighted by Gasteiger charge is -2.69. The van der Waals surface area contributed by atoms with Crippen LogP contribution in [0.5, 0.6) is 0 Å². The molecule has 114 valence electrons. The van der Waals surface area contributed by atoms with Crippen LogP contribution in [-0.4, -0.2) is 31.7 Å². The molecule has 5 rings (SSSR count). The summed E-state index contributed by atoms with van der Waals surface area (Å²) in [6.07, 6.45) is 2.99. The molecule has 3 saturated carbocycles. The normalized spacial score (nSPS) is 28.6. The van der Waals surface area contributed by atoms with Crippen LogP contribution in [0.4, 0.5) is 9.18 Å². The molecular weight excluding hydrogens is 311 g/mol. The molecule has 1 amide bonds. The van der Waals surface area contributed by atoms with Crippen molar-refractivity contribution in [2.45, 2.75) is 30.2 Å². The molecule has 3 aliphatic carbocycles. The summed E-state index contributed by atoms with van der Waals surface area (Å²) in [4.78, 5) is 10.7. The minimum atomic E-state index is -0.992. The molecule has 1 aromatic carbocycles. The van der Waals surface area contributed by atoms with E-state index in [2.05, 4.69) is 15.6 Å². The van der Waals surface area contributed by atoms with Gasteiger partial charge >= 0.3 is 6.09 Å². The smallest absolute Gasteiger partial charge is 0.405 e. The van der Waals surface area contributed by atoms with E-state index in [-0.39, 0.29) is 16.0 Å². The molecule has 8 heteroatoms. The Kier molecular flexibility index (Phi) is 2.57. The Morgan fingerprint density at radius 3 is 2.77 bits per heavy atom. The van der Waals surface area contributed by atoms with Gasteiger partial charge in [-0.05, 0) is 31.4 Å². The van der Waals surface area contributed by atoms with Crippen LogP contribution in [0.3, 0.4) is 0 Å². The van der Waals surface area contributed by atoms with E-state index in [0.717, 1.165) is 25.0 Å². The number of carbonyl (C=O) groups is 1. The van der Waals surface area contributed by atoms with Crippen LogP contribution in [0.2, 0.25) is 5.02 Å².